The number of rotatable bonds is 9. The second kappa shape index (κ2) is 12.0. The van der Waals surface area contributed by atoms with Crippen molar-refractivity contribution in [3.8, 4) is 0 Å². The van der Waals surface area contributed by atoms with E-state index in [0.29, 0.717) is 31.8 Å². The van der Waals surface area contributed by atoms with Crippen molar-refractivity contribution in [2.75, 3.05) is 46.4 Å². The van der Waals surface area contributed by atoms with Crippen LogP contribution in [0.25, 0.3) is 0 Å². The molecule has 0 bridgehead atoms. The molecule has 30 heavy (non-hydrogen) atoms. The van der Waals surface area contributed by atoms with E-state index in [2.05, 4.69) is 4.98 Å². The Balaban J connectivity index is 1.34. The fourth-order valence-corrected chi connectivity index (χ4v) is 4.20. The molecule has 0 aliphatic carbocycles. The summed E-state index contributed by atoms with van der Waals surface area (Å²) in [6.45, 7) is 4.68. The molecule has 2 fully saturated rings. The van der Waals surface area contributed by atoms with Gasteiger partial charge < -0.3 is 9.80 Å². The third kappa shape index (κ3) is 7.36. The van der Waals surface area contributed by atoms with Gasteiger partial charge in [0, 0.05) is 70.9 Å². The van der Waals surface area contributed by atoms with E-state index in [1.165, 1.54) is 0 Å². The molecular formula is C23H36N4O3. The first-order valence-corrected chi connectivity index (χ1v) is 11.4. The molecule has 1 aromatic rings. The standard InChI is InChI=1S/C23H36N4O3/c1-25(16-11-21-8-2-3-13-24-21)22(28)10-9-20-7-6-14-26(19-20)23(29)12-17-27-15-4-5-18-30-27/h2-3,8,13,20H,4-7,9-12,14-19H2,1H3. The van der Waals surface area contributed by atoms with Crippen molar-refractivity contribution in [2.24, 2.45) is 5.92 Å². The summed E-state index contributed by atoms with van der Waals surface area (Å²) in [7, 11) is 1.87. The van der Waals surface area contributed by atoms with E-state index < -0.39 is 0 Å². The monoisotopic (exact) mass is 416 g/mol. The van der Waals surface area contributed by atoms with E-state index in [9.17, 15) is 9.59 Å². The van der Waals surface area contributed by atoms with E-state index in [1.54, 1.807) is 11.1 Å². The molecule has 0 aromatic carbocycles. The fourth-order valence-electron chi connectivity index (χ4n) is 4.20. The van der Waals surface area contributed by atoms with Gasteiger partial charge in [-0.3, -0.25) is 19.4 Å². The normalized spacial score (nSPS) is 20.2. The first-order valence-electron chi connectivity index (χ1n) is 11.4. The number of amides is 2. The highest BCUT2D eigenvalue weighted by atomic mass is 16.7. The van der Waals surface area contributed by atoms with E-state index in [1.807, 2.05) is 35.2 Å². The molecule has 0 saturated carbocycles. The molecule has 1 unspecified atom stereocenters. The Bertz CT molecular complexity index is 664. The second-order valence-electron chi connectivity index (χ2n) is 8.49. The van der Waals surface area contributed by atoms with E-state index in [-0.39, 0.29) is 11.8 Å². The summed E-state index contributed by atoms with van der Waals surface area (Å²) in [5.74, 6) is 0.811. The minimum Gasteiger partial charge on any atom is -0.345 e. The van der Waals surface area contributed by atoms with Crippen LogP contribution in [0.3, 0.4) is 0 Å². The number of carbonyl (C=O) groups excluding carboxylic acids is 2. The van der Waals surface area contributed by atoms with Crippen LogP contribution in [0, 0.1) is 5.92 Å². The Labute approximate surface area is 180 Å². The van der Waals surface area contributed by atoms with Gasteiger partial charge in [0.05, 0.1) is 6.61 Å². The SMILES string of the molecule is CN(CCc1ccccn1)C(=O)CCC1CCCN(C(=O)CCN2CCCCO2)C1. The van der Waals surface area contributed by atoms with Gasteiger partial charge in [-0.2, -0.15) is 5.06 Å². The molecule has 7 nitrogen and oxygen atoms in total. The highest BCUT2D eigenvalue weighted by Crippen LogP contribution is 2.22. The van der Waals surface area contributed by atoms with Crippen molar-refractivity contribution in [1.29, 1.82) is 0 Å². The van der Waals surface area contributed by atoms with Gasteiger partial charge in [-0.05, 0) is 50.2 Å². The third-order valence-corrected chi connectivity index (χ3v) is 6.14. The van der Waals surface area contributed by atoms with Gasteiger partial charge in [-0.25, -0.2) is 0 Å². The largest absolute Gasteiger partial charge is 0.345 e. The van der Waals surface area contributed by atoms with Gasteiger partial charge in [-0.1, -0.05) is 6.07 Å². The van der Waals surface area contributed by atoms with Crippen LogP contribution >= 0.6 is 0 Å². The van der Waals surface area contributed by atoms with E-state index >= 15 is 0 Å². The van der Waals surface area contributed by atoms with Crippen LogP contribution in [0.2, 0.25) is 0 Å². The number of hydrogen-bond donors (Lipinski definition) is 0. The third-order valence-electron chi connectivity index (χ3n) is 6.14. The van der Waals surface area contributed by atoms with Crippen LogP contribution in [-0.4, -0.2) is 78.0 Å². The molecule has 0 N–H and O–H groups in total. The topological polar surface area (TPSA) is 66.0 Å². The summed E-state index contributed by atoms with van der Waals surface area (Å²) in [6.07, 6.45) is 8.85. The lowest BCUT2D eigenvalue weighted by molar-refractivity contribution is -0.182. The lowest BCUT2D eigenvalue weighted by Crippen LogP contribution is -2.42. The first-order chi connectivity index (χ1) is 14.6. The summed E-state index contributed by atoms with van der Waals surface area (Å²) in [4.78, 5) is 38.8. The van der Waals surface area contributed by atoms with Crippen LogP contribution in [-0.2, 0) is 20.8 Å². The Morgan fingerprint density at radius 3 is 2.87 bits per heavy atom. The first kappa shape index (κ1) is 22.7. The molecule has 0 spiro atoms. The number of pyridine rings is 1. The van der Waals surface area contributed by atoms with Crippen molar-refractivity contribution >= 4 is 11.8 Å². The summed E-state index contributed by atoms with van der Waals surface area (Å²) in [5.41, 5.74) is 1.01. The smallest absolute Gasteiger partial charge is 0.223 e. The average molecular weight is 417 g/mol. The quantitative estimate of drug-likeness (QED) is 0.619. The predicted molar refractivity (Wildman–Crippen MR) is 115 cm³/mol. The van der Waals surface area contributed by atoms with Crippen molar-refractivity contribution in [1.82, 2.24) is 19.8 Å². The average Bonchev–Trinajstić information content (AvgIpc) is 2.81. The molecule has 2 saturated heterocycles. The summed E-state index contributed by atoms with van der Waals surface area (Å²) in [5, 5.41) is 1.93. The molecule has 2 aliphatic heterocycles. The summed E-state index contributed by atoms with van der Waals surface area (Å²) < 4.78 is 0. The Morgan fingerprint density at radius 1 is 1.20 bits per heavy atom. The Kier molecular flexibility index (Phi) is 9.08. The lowest BCUT2D eigenvalue weighted by atomic mass is 9.93. The molecule has 2 amide bonds. The Morgan fingerprint density at radius 2 is 2.10 bits per heavy atom. The number of piperidine rings is 1. The van der Waals surface area contributed by atoms with Gasteiger partial charge in [0.2, 0.25) is 11.8 Å². The van der Waals surface area contributed by atoms with Crippen LogP contribution in [0.1, 0.15) is 50.6 Å². The van der Waals surface area contributed by atoms with Gasteiger partial charge in [0.1, 0.15) is 0 Å². The molecule has 3 heterocycles. The highest BCUT2D eigenvalue weighted by molar-refractivity contribution is 5.77. The number of likely N-dealkylation sites (tertiary alicyclic amines) is 1. The molecule has 166 valence electrons. The maximum Gasteiger partial charge on any atom is 0.223 e. The number of aromatic nitrogens is 1. The fraction of sp³-hybridized carbons (Fsp3) is 0.696. The number of hydrogen-bond acceptors (Lipinski definition) is 5. The van der Waals surface area contributed by atoms with Gasteiger partial charge >= 0.3 is 0 Å². The molecule has 2 aliphatic rings. The number of nitrogens with zero attached hydrogens (tertiary/aromatic N) is 4. The van der Waals surface area contributed by atoms with Crippen LogP contribution in [0.4, 0.5) is 0 Å². The van der Waals surface area contributed by atoms with E-state index in [0.717, 1.165) is 70.5 Å². The van der Waals surface area contributed by atoms with Crippen molar-refractivity contribution in [3.05, 3.63) is 30.1 Å². The maximum atomic E-state index is 12.6. The number of likely N-dealkylation sites (N-methyl/N-ethyl adjacent to an activating group) is 1. The van der Waals surface area contributed by atoms with E-state index in [4.69, 9.17) is 4.84 Å². The number of carbonyl (C=O) groups is 2. The molecule has 1 atom stereocenters. The molecular weight excluding hydrogens is 380 g/mol. The second-order valence-corrected chi connectivity index (χ2v) is 8.49. The van der Waals surface area contributed by atoms with Crippen LogP contribution < -0.4 is 0 Å². The van der Waals surface area contributed by atoms with Gasteiger partial charge in [0.15, 0.2) is 0 Å². The molecule has 1 aromatic heterocycles. The molecule has 3 rings (SSSR count). The zero-order valence-electron chi connectivity index (χ0n) is 18.3. The predicted octanol–water partition coefficient (Wildman–Crippen LogP) is 2.52. The zero-order chi connectivity index (χ0) is 21.2. The van der Waals surface area contributed by atoms with Gasteiger partial charge in [0.25, 0.3) is 0 Å². The van der Waals surface area contributed by atoms with Crippen molar-refractivity contribution < 1.29 is 14.4 Å². The maximum absolute atomic E-state index is 12.6. The highest BCUT2D eigenvalue weighted by Gasteiger charge is 2.25. The summed E-state index contributed by atoms with van der Waals surface area (Å²) in [6, 6.07) is 5.86. The van der Waals surface area contributed by atoms with Crippen molar-refractivity contribution in [3.63, 3.8) is 0 Å². The Hall–Kier alpha value is -1.99. The minimum atomic E-state index is 0.177. The van der Waals surface area contributed by atoms with Gasteiger partial charge in [-0.15, -0.1) is 0 Å². The van der Waals surface area contributed by atoms with Crippen molar-refractivity contribution in [2.45, 2.75) is 51.4 Å². The van der Waals surface area contributed by atoms with Crippen LogP contribution in [0.15, 0.2) is 24.4 Å². The van der Waals surface area contributed by atoms with Crippen LogP contribution in [0.5, 0.6) is 0 Å². The minimum absolute atomic E-state index is 0.177. The molecule has 7 heteroatoms. The zero-order valence-corrected chi connectivity index (χ0v) is 18.3. The molecule has 0 radical (unpaired) electrons. The summed E-state index contributed by atoms with van der Waals surface area (Å²) >= 11 is 0. The lowest BCUT2D eigenvalue weighted by Gasteiger charge is -2.34. The number of hydroxylamine groups is 2.